The summed E-state index contributed by atoms with van der Waals surface area (Å²) >= 11 is 0. The Balaban J connectivity index is 2.03. The van der Waals surface area contributed by atoms with Crippen molar-refractivity contribution in [1.82, 2.24) is 5.32 Å². The van der Waals surface area contributed by atoms with E-state index in [0.29, 0.717) is 12.3 Å². The van der Waals surface area contributed by atoms with Crippen molar-refractivity contribution in [1.29, 1.82) is 0 Å². The molecule has 0 bridgehead atoms. The van der Waals surface area contributed by atoms with Gasteiger partial charge >= 0.3 is 0 Å². The zero-order chi connectivity index (χ0) is 19.1. The summed E-state index contributed by atoms with van der Waals surface area (Å²) in [6.45, 7) is 8.17. The SMILES string of the molecule is CC(C)OCc1cccc(NC(=O)C(NC(=O)c2ccco2)C(C)C)c1. The number of rotatable bonds is 8. The molecule has 2 rings (SSSR count). The smallest absolute Gasteiger partial charge is 0.287 e. The molecule has 2 aromatic rings. The van der Waals surface area contributed by atoms with Gasteiger partial charge in [-0.3, -0.25) is 9.59 Å². The molecule has 1 heterocycles. The van der Waals surface area contributed by atoms with Crippen LogP contribution >= 0.6 is 0 Å². The number of furan rings is 1. The van der Waals surface area contributed by atoms with Crippen LogP contribution in [0.4, 0.5) is 5.69 Å². The molecule has 1 aromatic carbocycles. The molecule has 2 amide bonds. The maximum absolute atomic E-state index is 12.6. The predicted octanol–water partition coefficient (Wildman–Crippen LogP) is 3.60. The van der Waals surface area contributed by atoms with Crippen LogP contribution in [0.5, 0.6) is 0 Å². The summed E-state index contributed by atoms with van der Waals surface area (Å²) in [6, 6.07) is 9.99. The highest BCUT2D eigenvalue weighted by Crippen LogP contribution is 2.14. The molecule has 1 atom stereocenters. The molecule has 140 valence electrons. The number of anilines is 1. The topological polar surface area (TPSA) is 80.6 Å². The van der Waals surface area contributed by atoms with Gasteiger partial charge in [-0.15, -0.1) is 0 Å². The lowest BCUT2D eigenvalue weighted by molar-refractivity contribution is -0.118. The van der Waals surface area contributed by atoms with E-state index in [1.165, 1.54) is 6.26 Å². The molecule has 0 aliphatic heterocycles. The van der Waals surface area contributed by atoms with Gasteiger partial charge in [-0.2, -0.15) is 0 Å². The predicted molar refractivity (Wildman–Crippen MR) is 99.8 cm³/mol. The minimum atomic E-state index is -0.678. The summed E-state index contributed by atoms with van der Waals surface area (Å²) in [7, 11) is 0. The number of hydrogen-bond donors (Lipinski definition) is 2. The maximum Gasteiger partial charge on any atom is 0.287 e. The molecule has 0 spiro atoms. The zero-order valence-corrected chi connectivity index (χ0v) is 15.6. The molecule has 6 heteroatoms. The van der Waals surface area contributed by atoms with Crippen molar-refractivity contribution in [2.75, 3.05) is 5.32 Å². The van der Waals surface area contributed by atoms with Gasteiger partial charge < -0.3 is 19.8 Å². The Bertz CT molecular complexity index is 723. The summed E-state index contributed by atoms with van der Waals surface area (Å²) < 4.78 is 10.7. The highest BCUT2D eigenvalue weighted by Gasteiger charge is 2.25. The summed E-state index contributed by atoms with van der Waals surface area (Å²) in [5, 5.41) is 5.59. The van der Waals surface area contributed by atoms with Crippen LogP contribution in [-0.4, -0.2) is 24.0 Å². The Labute approximate surface area is 153 Å². The minimum Gasteiger partial charge on any atom is -0.459 e. The molecule has 6 nitrogen and oxygen atoms in total. The van der Waals surface area contributed by atoms with Gasteiger partial charge in [0.2, 0.25) is 5.91 Å². The first-order valence-corrected chi connectivity index (χ1v) is 8.72. The van der Waals surface area contributed by atoms with Gasteiger partial charge in [-0.05, 0) is 49.6 Å². The van der Waals surface area contributed by atoms with Crippen LogP contribution in [0.25, 0.3) is 0 Å². The molecule has 0 fully saturated rings. The molecule has 0 aliphatic rings. The van der Waals surface area contributed by atoms with E-state index in [9.17, 15) is 9.59 Å². The van der Waals surface area contributed by atoms with E-state index in [4.69, 9.17) is 9.15 Å². The average Bonchev–Trinajstić information content (AvgIpc) is 3.12. The van der Waals surface area contributed by atoms with Gasteiger partial charge in [0.1, 0.15) is 6.04 Å². The number of nitrogens with one attached hydrogen (secondary N) is 2. The summed E-state index contributed by atoms with van der Waals surface area (Å²) in [4.78, 5) is 24.8. The number of carbonyl (C=O) groups is 2. The summed E-state index contributed by atoms with van der Waals surface area (Å²) in [5.74, 6) is -0.595. The van der Waals surface area contributed by atoms with Crippen molar-refractivity contribution in [2.24, 2.45) is 5.92 Å². The fourth-order valence-electron chi connectivity index (χ4n) is 2.38. The van der Waals surface area contributed by atoms with Crippen LogP contribution in [0, 0.1) is 5.92 Å². The van der Waals surface area contributed by atoms with Gasteiger partial charge in [0.25, 0.3) is 5.91 Å². The van der Waals surface area contributed by atoms with Crippen LogP contribution in [-0.2, 0) is 16.1 Å². The Morgan fingerprint density at radius 3 is 2.50 bits per heavy atom. The van der Waals surface area contributed by atoms with Gasteiger partial charge in [0, 0.05) is 5.69 Å². The third-order valence-corrected chi connectivity index (χ3v) is 3.76. The second-order valence-corrected chi connectivity index (χ2v) is 6.72. The van der Waals surface area contributed by atoms with Crippen molar-refractivity contribution >= 4 is 17.5 Å². The van der Waals surface area contributed by atoms with Crippen LogP contribution < -0.4 is 10.6 Å². The lowest BCUT2D eigenvalue weighted by Gasteiger charge is -2.21. The third-order valence-electron chi connectivity index (χ3n) is 3.76. The highest BCUT2D eigenvalue weighted by atomic mass is 16.5. The molecule has 0 saturated heterocycles. The van der Waals surface area contributed by atoms with Gasteiger partial charge in [0.05, 0.1) is 19.0 Å². The van der Waals surface area contributed by atoms with Crippen molar-refractivity contribution in [3.05, 3.63) is 54.0 Å². The molecular weight excluding hydrogens is 332 g/mol. The molecule has 0 saturated carbocycles. The van der Waals surface area contributed by atoms with E-state index in [-0.39, 0.29) is 23.7 Å². The Morgan fingerprint density at radius 1 is 1.12 bits per heavy atom. The first-order chi connectivity index (χ1) is 12.4. The molecule has 26 heavy (non-hydrogen) atoms. The molecule has 1 aromatic heterocycles. The Morgan fingerprint density at radius 2 is 1.88 bits per heavy atom. The zero-order valence-electron chi connectivity index (χ0n) is 15.6. The van der Waals surface area contributed by atoms with E-state index < -0.39 is 11.9 Å². The fourth-order valence-corrected chi connectivity index (χ4v) is 2.38. The molecular formula is C20H26N2O4. The number of hydrogen-bond acceptors (Lipinski definition) is 4. The van der Waals surface area contributed by atoms with Crippen molar-refractivity contribution in [3.63, 3.8) is 0 Å². The number of carbonyl (C=O) groups excluding carboxylic acids is 2. The van der Waals surface area contributed by atoms with Gasteiger partial charge in [-0.1, -0.05) is 26.0 Å². The maximum atomic E-state index is 12.6. The first kappa shape index (κ1) is 19.7. The van der Waals surface area contributed by atoms with E-state index >= 15 is 0 Å². The van der Waals surface area contributed by atoms with E-state index in [2.05, 4.69) is 10.6 Å². The normalized spacial score (nSPS) is 12.2. The van der Waals surface area contributed by atoms with E-state index in [1.807, 2.05) is 52.0 Å². The van der Waals surface area contributed by atoms with Crippen LogP contribution in [0.3, 0.4) is 0 Å². The molecule has 0 radical (unpaired) electrons. The van der Waals surface area contributed by atoms with Crippen LogP contribution in [0.15, 0.2) is 47.1 Å². The molecule has 0 aliphatic carbocycles. The van der Waals surface area contributed by atoms with Crippen molar-refractivity contribution in [2.45, 2.75) is 46.4 Å². The Kier molecular flexibility index (Phi) is 6.97. The largest absolute Gasteiger partial charge is 0.459 e. The minimum absolute atomic E-state index is 0.0821. The van der Waals surface area contributed by atoms with Crippen molar-refractivity contribution < 1.29 is 18.7 Å². The number of benzene rings is 1. The fraction of sp³-hybridized carbons (Fsp3) is 0.400. The van der Waals surface area contributed by atoms with Crippen LogP contribution in [0.1, 0.15) is 43.8 Å². The molecule has 1 unspecified atom stereocenters. The average molecular weight is 358 g/mol. The standard InChI is InChI=1S/C20H26N2O4/c1-13(2)18(22-19(23)17-9-6-10-25-17)20(24)21-16-8-5-7-15(11-16)12-26-14(3)4/h5-11,13-14,18H,12H2,1-4H3,(H,21,24)(H,22,23). The van der Waals surface area contributed by atoms with Crippen LogP contribution in [0.2, 0.25) is 0 Å². The number of amides is 2. The van der Waals surface area contributed by atoms with Gasteiger partial charge in [0.15, 0.2) is 5.76 Å². The Hall–Kier alpha value is -2.60. The summed E-state index contributed by atoms with van der Waals surface area (Å²) in [5.41, 5.74) is 1.63. The quantitative estimate of drug-likeness (QED) is 0.755. The van der Waals surface area contributed by atoms with E-state index in [1.54, 1.807) is 12.1 Å². The monoisotopic (exact) mass is 358 g/mol. The van der Waals surface area contributed by atoms with E-state index in [0.717, 1.165) is 5.56 Å². The highest BCUT2D eigenvalue weighted by molar-refractivity contribution is 6.00. The second-order valence-electron chi connectivity index (χ2n) is 6.72. The van der Waals surface area contributed by atoms with Gasteiger partial charge in [-0.25, -0.2) is 0 Å². The number of ether oxygens (including phenoxy) is 1. The summed E-state index contributed by atoms with van der Waals surface area (Å²) in [6.07, 6.45) is 1.56. The lowest BCUT2D eigenvalue weighted by atomic mass is 10.0. The lowest BCUT2D eigenvalue weighted by Crippen LogP contribution is -2.47. The molecule has 2 N–H and O–H groups in total. The second kappa shape index (κ2) is 9.20. The third kappa shape index (κ3) is 5.74. The van der Waals surface area contributed by atoms with Crippen molar-refractivity contribution in [3.8, 4) is 0 Å². The first-order valence-electron chi connectivity index (χ1n) is 8.72.